The van der Waals surface area contributed by atoms with E-state index < -0.39 is 0 Å². The van der Waals surface area contributed by atoms with Gasteiger partial charge in [-0.3, -0.25) is 0 Å². The lowest BCUT2D eigenvalue weighted by Crippen LogP contribution is -2.02. The summed E-state index contributed by atoms with van der Waals surface area (Å²) in [5, 5.41) is 0.282. The molecule has 3 aromatic rings. The Morgan fingerprint density at radius 2 is 1.94 bits per heavy atom. The van der Waals surface area contributed by atoms with Crippen LogP contribution < -0.4 is 5.73 Å². The van der Waals surface area contributed by atoms with Gasteiger partial charge in [0.25, 0.3) is 0 Å². The first kappa shape index (κ1) is 11.0. The van der Waals surface area contributed by atoms with E-state index in [1.165, 1.54) is 0 Å². The van der Waals surface area contributed by atoms with Gasteiger partial charge in [-0.2, -0.15) is 9.97 Å². The highest BCUT2D eigenvalue weighted by Gasteiger charge is 2.10. The number of hydrogen-bond donors (Lipinski definition) is 1. The Kier molecular flexibility index (Phi) is 2.60. The molecule has 2 N–H and O–H groups in total. The van der Waals surface area contributed by atoms with Gasteiger partial charge in [-0.25, -0.2) is 4.98 Å². The molecule has 3 rings (SSSR count). The third-order valence-corrected chi connectivity index (χ3v) is 2.90. The molecule has 90 valence electrons. The van der Waals surface area contributed by atoms with E-state index in [4.69, 9.17) is 17.3 Å². The SMILES string of the molecule is Nc1nc(Cl)c2ncn(Cc3ccccc3)c2n1. The monoisotopic (exact) mass is 259 g/mol. The van der Waals surface area contributed by atoms with Crippen LogP contribution in [-0.4, -0.2) is 19.5 Å². The fourth-order valence-electron chi connectivity index (χ4n) is 1.82. The number of imidazole rings is 1. The van der Waals surface area contributed by atoms with Crippen LogP contribution in [-0.2, 0) is 6.54 Å². The highest BCUT2D eigenvalue weighted by molar-refractivity contribution is 6.33. The first-order chi connectivity index (χ1) is 8.74. The van der Waals surface area contributed by atoms with Crippen molar-refractivity contribution in [2.75, 3.05) is 5.73 Å². The lowest BCUT2D eigenvalue weighted by atomic mass is 10.2. The minimum atomic E-state index is 0.155. The number of aromatic nitrogens is 4. The van der Waals surface area contributed by atoms with Crippen LogP contribution in [0.2, 0.25) is 5.15 Å². The second kappa shape index (κ2) is 4.27. The van der Waals surface area contributed by atoms with Crippen molar-refractivity contribution in [3.63, 3.8) is 0 Å². The first-order valence-electron chi connectivity index (χ1n) is 5.42. The zero-order chi connectivity index (χ0) is 12.5. The summed E-state index contributed by atoms with van der Waals surface area (Å²) in [5.74, 6) is 0.155. The molecule has 0 bridgehead atoms. The van der Waals surface area contributed by atoms with E-state index >= 15 is 0 Å². The smallest absolute Gasteiger partial charge is 0.223 e. The summed E-state index contributed by atoms with van der Waals surface area (Å²) in [6.07, 6.45) is 1.69. The van der Waals surface area contributed by atoms with E-state index in [0.717, 1.165) is 5.56 Å². The average molecular weight is 260 g/mol. The van der Waals surface area contributed by atoms with Crippen LogP contribution >= 0.6 is 11.6 Å². The molecule has 5 nitrogen and oxygen atoms in total. The number of nitrogens with zero attached hydrogens (tertiary/aromatic N) is 4. The highest BCUT2D eigenvalue weighted by atomic mass is 35.5. The van der Waals surface area contributed by atoms with E-state index in [1.54, 1.807) is 6.33 Å². The molecule has 0 aliphatic carbocycles. The molecule has 6 heteroatoms. The molecule has 0 aliphatic heterocycles. The molecule has 0 atom stereocenters. The maximum Gasteiger partial charge on any atom is 0.223 e. The maximum absolute atomic E-state index is 5.97. The van der Waals surface area contributed by atoms with Crippen molar-refractivity contribution in [2.45, 2.75) is 6.54 Å². The third-order valence-electron chi connectivity index (χ3n) is 2.63. The molecule has 1 aromatic carbocycles. The average Bonchev–Trinajstić information content (AvgIpc) is 2.74. The van der Waals surface area contributed by atoms with Gasteiger partial charge in [-0.15, -0.1) is 0 Å². The van der Waals surface area contributed by atoms with Gasteiger partial charge in [-0.05, 0) is 5.56 Å². The predicted octanol–water partition coefficient (Wildman–Crippen LogP) is 2.11. The van der Waals surface area contributed by atoms with E-state index in [0.29, 0.717) is 17.7 Å². The van der Waals surface area contributed by atoms with Crippen molar-refractivity contribution in [1.29, 1.82) is 0 Å². The normalized spacial score (nSPS) is 10.9. The Balaban J connectivity index is 2.08. The van der Waals surface area contributed by atoms with E-state index in [2.05, 4.69) is 15.0 Å². The van der Waals surface area contributed by atoms with Gasteiger partial charge in [0.2, 0.25) is 5.95 Å². The summed E-state index contributed by atoms with van der Waals surface area (Å²) >= 11 is 5.97. The molecule has 0 saturated heterocycles. The topological polar surface area (TPSA) is 69.6 Å². The Bertz CT molecular complexity index is 692. The number of nitrogen functional groups attached to an aromatic ring is 1. The lowest BCUT2D eigenvalue weighted by molar-refractivity contribution is 0.814. The zero-order valence-electron chi connectivity index (χ0n) is 9.42. The van der Waals surface area contributed by atoms with E-state index in [-0.39, 0.29) is 11.1 Å². The second-order valence-corrected chi connectivity index (χ2v) is 4.26. The number of benzene rings is 1. The van der Waals surface area contributed by atoms with Crippen LogP contribution in [0.1, 0.15) is 5.56 Å². The van der Waals surface area contributed by atoms with E-state index in [1.807, 2.05) is 34.9 Å². The zero-order valence-corrected chi connectivity index (χ0v) is 10.2. The quantitative estimate of drug-likeness (QED) is 0.716. The summed E-state index contributed by atoms with van der Waals surface area (Å²) < 4.78 is 1.90. The third kappa shape index (κ3) is 1.89. The molecular formula is C12H10ClN5. The first-order valence-corrected chi connectivity index (χ1v) is 5.79. The van der Waals surface area contributed by atoms with Crippen molar-refractivity contribution < 1.29 is 0 Å². The number of rotatable bonds is 2. The van der Waals surface area contributed by atoms with Crippen LogP contribution in [0, 0.1) is 0 Å². The maximum atomic E-state index is 5.97. The van der Waals surface area contributed by atoms with Crippen LogP contribution in [0.15, 0.2) is 36.7 Å². The standard InChI is InChI=1S/C12H10ClN5/c13-10-9-11(17-12(14)16-10)18(7-15-9)6-8-4-2-1-3-5-8/h1-5,7H,6H2,(H2,14,16,17). The van der Waals surface area contributed by atoms with Crippen molar-refractivity contribution in [1.82, 2.24) is 19.5 Å². The predicted molar refractivity (Wildman–Crippen MR) is 70.3 cm³/mol. The number of halogens is 1. The lowest BCUT2D eigenvalue weighted by Gasteiger charge is -2.04. The van der Waals surface area contributed by atoms with Gasteiger partial charge in [-0.1, -0.05) is 41.9 Å². The molecule has 0 fully saturated rings. The van der Waals surface area contributed by atoms with Crippen LogP contribution in [0.4, 0.5) is 5.95 Å². The Morgan fingerprint density at radius 1 is 1.17 bits per heavy atom. The molecule has 18 heavy (non-hydrogen) atoms. The fourth-order valence-corrected chi connectivity index (χ4v) is 2.04. The molecule has 0 unspecified atom stereocenters. The van der Waals surface area contributed by atoms with Gasteiger partial charge in [0.05, 0.1) is 12.9 Å². The van der Waals surface area contributed by atoms with Gasteiger partial charge in [0, 0.05) is 0 Å². The van der Waals surface area contributed by atoms with Crippen LogP contribution in [0.3, 0.4) is 0 Å². The summed E-state index contributed by atoms with van der Waals surface area (Å²) in [6.45, 7) is 0.671. The molecule has 0 saturated carbocycles. The molecule has 2 heterocycles. The minimum absolute atomic E-state index is 0.155. The van der Waals surface area contributed by atoms with Gasteiger partial charge >= 0.3 is 0 Å². The van der Waals surface area contributed by atoms with Gasteiger partial charge in [0.15, 0.2) is 10.8 Å². The van der Waals surface area contributed by atoms with Crippen molar-refractivity contribution in [3.8, 4) is 0 Å². The Hall–Kier alpha value is -2.14. The molecular weight excluding hydrogens is 250 g/mol. The fraction of sp³-hybridized carbons (Fsp3) is 0.0833. The van der Waals surface area contributed by atoms with E-state index in [9.17, 15) is 0 Å². The highest BCUT2D eigenvalue weighted by Crippen LogP contribution is 2.20. The number of hydrogen-bond acceptors (Lipinski definition) is 4. The number of fused-ring (bicyclic) bond motifs is 1. The van der Waals surface area contributed by atoms with Crippen molar-refractivity contribution in [2.24, 2.45) is 0 Å². The minimum Gasteiger partial charge on any atom is -0.368 e. The summed E-state index contributed by atoms with van der Waals surface area (Å²) in [6, 6.07) is 10.0. The molecule has 0 spiro atoms. The van der Waals surface area contributed by atoms with Gasteiger partial charge < -0.3 is 10.3 Å². The van der Waals surface area contributed by atoms with Crippen molar-refractivity contribution in [3.05, 3.63) is 47.4 Å². The van der Waals surface area contributed by atoms with Gasteiger partial charge in [0.1, 0.15) is 5.52 Å². The summed E-state index contributed by atoms with van der Waals surface area (Å²) in [7, 11) is 0. The van der Waals surface area contributed by atoms with Crippen LogP contribution in [0.5, 0.6) is 0 Å². The molecule has 0 aliphatic rings. The Morgan fingerprint density at radius 3 is 2.72 bits per heavy atom. The van der Waals surface area contributed by atoms with Crippen LogP contribution in [0.25, 0.3) is 11.2 Å². The number of nitrogens with two attached hydrogens (primary N) is 1. The summed E-state index contributed by atoms with van der Waals surface area (Å²) in [4.78, 5) is 12.3. The Labute approximate surface area is 108 Å². The van der Waals surface area contributed by atoms with Crippen molar-refractivity contribution >= 4 is 28.7 Å². The largest absolute Gasteiger partial charge is 0.368 e. The molecule has 2 aromatic heterocycles. The molecule has 0 amide bonds. The number of anilines is 1. The summed E-state index contributed by atoms with van der Waals surface area (Å²) in [5.41, 5.74) is 7.98. The molecule has 0 radical (unpaired) electrons. The second-order valence-electron chi connectivity index (χ2n) is 3.90.